The second-order valence-electron chi connectivity index (χ2n) is 25.9. The van der Waals surface area contributed by atoms with Gasteiger partial charge in [-0.3, -0.25) is 38.4 Å². The second-order valence-corrected chi connectivity index (χ2v) is 26.8. The number of unbranched alkanes of at least 4 members (excludes halogenated alkanes) is 3. The Morgan fingerprint density at radius 2 is 1.36 bits per heavy atom. The van der Waals surface area contributed by atoms with Gasteiger partial charge in [0.15, 0.2) is 28.8 Å². The van der Waals surface area contributed by atoms with Crippen molar-refractivity contribution < 1.29 is 112 Å². The monoisotopic (exact) mass is 1460 g/mol. The first-order chi connectivity index (χ1) is 48.5. The highest BCUT2D eigenvalue weighted by Crippen LogP contribution is 2.50. The molecular formula is C71H82Cl2N6O23. The number of fused-ring (bicyclic) bond motifs is 15. The number of phenols is 2. The molecule has 6 aliphatic rings. The van der Waals surface area contributed by atoms with Gasteiger partial charge in [-0.15, -0.1) is 0 Å². The third-order valence-electron chi connectivity index (χ3n) is 18.1. The lowest BCUT2D eigenvalue weighted by Crippen LogP contribution is -2.60. The van der Waals surface area contributed by atoms with Crippen molar-refractivity contribution in [3.8, 4) is 57.1 Å². The molecule has 6 amide bonds. The van der Waals surface area contributed by atoms with Crippen LogP contribution in [0.25, 0.3) is 11.1 Å². The quantitative estimate of drug-likeness (QED) is 0.0462. The van der Waals surface area contributed by atoms with Crippen LogP contribution in [0.1, 0.15) is 144 Å². The summed E-state index contributed by atoms with van der Waals surface area (Å²) in [4.78, 5) is 132. The van der Waals surface area contributed by atoms with E-state index in [4.69, 9.17) is 57.4 Å². The van der Waals surface area contributed by atoms with Gasteiger partial charge in [0, 0.05) is 56.0 Å². The molecule has 0 aromatic heterocycles. The van der Waals surface area contributed by atoms with Gasteiger partial charge in [-0.1, -0.05) is 88.4 Å². The number of aliphatic hydroxyl groups excluding tert-OH is 6. The Bertz CT molecular complexity index is 4010. The molecule has 14 atom stereocenters. The lowest BCUT2D eigenvalue weighted by Gasteiger charge is -2.39. The number of methoxy groups -OCH3 is 1. The second kappa shape index (κ2) is 33.9. The molecule has 1 saturated heterocycles. The normalized spacial score (nSPS) is 24.8. The first kappa shape index (κ1) is 77.2. The molecule has 5 aromatic carbocycles. The van der Waals surface area contributed by atoms with Crippen LogP contribution >= 0.6 is 23.2 Å². The van der Waals surface area contributed by atoms with Gasteiger partial charge in [0.2, 0.25) is 41.6 Å². The number of ether oxygens (including phenoxy) is 6. The Morgan fingerprint density at radius 3 is 1.97 bits per heavy atom. The minimum Gasteiger partial charge on any atom is -0.507 e. The molecule has 5 aromatic rings. The van der Waals surface area contributed by atoms with Crippen LogP contribution in [0.2, 0.25) is 10.0 Å². The highest BCUT2D eigenvalue weighted by atomic mass is 35.5. The summed E-state index contributed by atoms with van der Waals surface area (Å²) in [6, 6.07) is 6.74. The Balaban J connectivity index is 1.30. The van der Waals surface area contributed by atoms with Crippen LogP contribution in [0.15, 0.2) is 78.9 Å². The standard InChI is InChI=1S/C71H82Cl2N6O23/c1-6-8-9-10-17-75-71(96)98-38-26-41-55(45(82)27-38)40-19-33(11-14-44(40)81)39-28-47(84)56-36-23-51(99-49-15-12-34(20-42(49)72)60(87)58(78-66(92)32(7-2)18-31(3)4)46(83)22-37(25-54(74)86)67(93)76-56)65(102-70-64(91)63(90)62(89)53(29-80)101-70)52(24-36)100-50-16-13-35(21-43(50)73)61(88)59(79-68(39)94)69(95)77-57(41)48(85)30-97-5/h11-16,19-21,23-24,26-27,31-32,37,39,53,56-64,70,80-82,87-91H,6-10,17-18,22,25,28-30H2,1-5H3,(H2,74,86)(H,75,96)(H,76,93)(H,77,95)(H,78,92)(H,79,94)/t32-,37+,39-,53-,56-,57+,58+,59+,60-,61-,62-,63+,64-,70+/m1/s1. The number of nitrogens with two attached hydrogens (primary N) is 1. The van der Waals surface area contributed by atoms with Gasteiger partial charge in [0.25, 0.3) is 0 Å². The van der Waals surface area contributed by atoms with E-state index in [0.29, 0.717) is 19.3 Å². The third-order valence-corrected chi connectivity index (χ3v) is 18.7. The summed E-state index contributed by atoms with van der Waals surface area (Å²) in [6.45, 7) is 6.06. The largest absolute Gasteiger partial charge is 0.507 e. The molecular weight excluding hydrogens is 1380 g/mol. The van der Waals surface area contributed by atoms with E-state index in [1.165, 1.54) is 37.4 Å². The molecule has 0 radical (unpaired) electrons. The molecule has 548 valence electrons. The summed E-state index contributed by atoms with van der Waals surface area (Å²) in [5.41, 5.74) is 3.88. The van der Waals surface area contributed by atoms with Crippen LogP contribution in [-0.2, 0) is 47.8 Å². The van der Waals surface area contributed by atoms with Gasteiger partial charge < -0.3 is 102 Å². The molecule has 0 spiro atoms. The fraction of sp³-hybridized carbons (Fsp3) is 0.451. The maximum absolute atomic E-state index is 16.2. The number of amides is 6. The maximum Gasteiger partial charge on any atom is 0.412 e. The lowest BCUT2D eigenvalue weighted by molar-refractivity contribution is -0.277. The van der Waals surface area contributed by atoms with Gasteiger partial charge in [-0.25, -0.2) is 4.79 Å². The number of phenolic OH excluding ortho intramolecular Hbond substituents is 2. The van der Waals surface area contributed by atoms with Crippen LogP contribution in [-0.4, -0.2) is 163 Å². The zero-order valence-corrected chi connectivity index (χ0v) is 57.7. The maximum atomic E-state index is 16.2. The first-order valence-electron chi connectivity index (χ1n) is 33.2. The van der Waals surface area contributed by atoms with E-state index in [9.17, 15) is 64.8 Å². The Labute approximate surface area is 595 Å². The number of hydrogen-bond donors (Lipinski definition) is 14. The Kier molecular flexibility index (Phi) is 25.6. The van der Waals surface area contributed by atoms with Crippen LogP contribution in [0, 0.1) is 17.8 Å². The number of hydrogen-bond acceptors (Lipinski definition) is 23. The van der Waals surface area contributed by atoms with Crippen molar-refractivity contribution in [2.75, 3.05) is 26.9 Å². The molecule has 6 heterocycles. The van der Waals surface area contributed by atoms with Crippen LogP contribution < -0.4 is 51.3 Å². The molecule has 29 nitrogen and oxygen atoms in total. The summed E-state index contributed by atoms with van der Waals surface area (Å²) >= 11 is 14.1. The molecule has 0 saturated carbocycles. The summed E-state index contributed by atoms with van der Waals surface area (Å²) in [6.07, 6.45) is -13.9. The number of Topliss-reactive ketones (excluding diaryl/α,β-unsaturated/α-hetero) is 3. The number of primary amides is 1. The van der Waals surface area contributed by atoms with Gasteiger partial charge in [-0.2, -0.15) is 0 Å². The predicted octanol–water partition coefficient (Wildman–Crippen LogP) is 5.38. The van der Waals surface area contributed by atoms with E-state index in [1.807, 2.05) is 20.8 Å². The smallest absolute Gasteiger partial charge is 0.412 e. The average molecular weight is 1460 g/mol. The number of ketones is 3. The van der Waals surface area contributed by atoms with Crippen molar-refractivity contribution in [3.05, 3.63) is 117 Å². The molecule has 11 rings (SSSR count). The van der Waals surface area contributed by atoms with Gasteiger partial charge in [0.05, 0.1) is 28.5 Å². The zero-order chi connectivity index (χ0) is 74.1. The highest BCUT2D eigenvalue weighted by Gasteiger charge is 2.47. The zero-order valence-electron chi connectivity index (χ0n) is 56.2. The first-order valence-corrected chi connectivity index (χ1v) is 34.0. The average Bonchev–Trinajstić information content (AvgIpc) is 0.767. The highest BCUT2D eigenvalue weighted by molar-refractivity contribution is 6.32. The van der Waals surface area contributed by atoms with E-state index in [2.05, 4.69) is 26.6 Å². The van der Waals surface area contributed by atoms with Crippen LogP contribution in [0.4, 0.5) is 4.79 Å². The van der Waals surface area contributed by atoms with E-state index in [1.54, 1.807) is 6.92 Å². The number of halogens is 2. The fourth-order valence-corrected chi connectivity index (χ4v) is 13.1. The summed E-state index contributed by atoms with van der Waals surface area (Å²) in [5, 5.41) is 105. The minimum atomic E-state index is -2.19. The molecule has 11 bridgehead atoms. The van der Waals surface area contributed by atoms with E-state index >= 15 is 19.2 Å². The van der Waals surface area contributed by atoms with Crippen molar-refractivity contribution >= 4 is 76.2 Å². The molecule has 15 N–H and O–H groups in total. The number of aliphatic hydroxyl groups is 6. The van der Waals surface area contributed by atoms with Crippen molar-refractivity contribution in [2.45, 2.75) is 158 Å². The van der Waals surface area contributed by atoms with E-state index in [0.717, 1.165) is 67.8 Å². The Hall–Kier alpha value is -9.01. The summed E-state index contributed by atoms with van der Waals surface area (Å²) in [7, 11) is 1.17. The molecule has 0 unspecified atom stereocenters. The number of nitrogens with one attached hydrogen (secondary N) is 5. The number of rotatable bonds is 19. The minimum absolute atomic E-state index is 0.00416. The van der Waals surface area contributed by atoms with Crippen molar-refractivity contribution in [2.24, 2.45) is 23.5 Å². The van der Waals surface area contributed by atoms with Crippen molar-refractivity contribution in [1.29, 1.82) is 0 Å². The third kappa shape index (κ3) is 17.7. The number of benzene rings is 5. The Morgan fingerprint density at radius 1 is 0.706 bits per heavy atom. The molecule has 31 heteroatoms. The van der Waals surface area contributed by atoms with Crippen molar-refractivity contribution in [1.82, 2.24) is 26.6 Å². The predicted molar refractivity (Wildman–Crippen MR) is 362 cm³/mol. The number of carbonyl (C=O) groups is 9. The van der Waals surface area contributed by atoms with Gasteiger partial charge in [-0.05, 0) is 108 Å². The number of carbonyl (C=O) groups excluding carboxylic acids is 9. The van der Waals surface area contributed by atoms with Crippen molar-refractivity contribution in [3.63, 3.8) is 0 Å². The van der Waals surface area contributed by atoms with Gasteiger partial charge in [0.1, 0.15) is 96.1 Å². The van der Waals surface area contributed by atoms with E-state index in [-0.39, 0.29) is 78.7 Å². The topological polar surface area (TPSA) is 457 Å². The SMILES string of the molecule is CCCCCCNC(=O)Oc1cc(O)c2c(c1)[C@@H](C(=O)COC)NC(=O)[C@H]1NC(=O)[C@H](CC(=O)[C@@H]3NC(=O)[C@H](CC(N)=O)CC(=O)[C@H](NC(=O)[C@H](CC)CC(C)C)[C@H](O)c4ccc(c(Cl)c4)Oc4cc3cc(c4O[C@@H]3O[C@H](CO)[C@@H](O)[C@H](O)[C@H]3O)Oc3ccc(cc3Cl)[C@H]1O)c1ccc(O)c-2c1. The number of aromatic hydroxyl groups is 2. The molecule has 1 fully saturated rings. The molecule has 6 aliphatic heterocycles. The van der Waals surface area contributed by atoms with Crippen LogP contribution in [0.5, 0.6) is 46.0 Å². The summed E-state index contributed by atoms with van der Waals surface area (Å²) in [5.74, 6) is -17.2. The van der Waals surface area contributed by atoms with Gasteiger partial charge >= 0.3 is 6.09 Å². The van der Waals surface area contributed by atoms with Crippen LogP contribution in [0.3, 0.4) is 0 Å². The fourth-order valence-electron chi connectivity index (χ4n) is 12.7. The summed E-state index contributed by atoms with van der Waals surface area (Å²) < 4.78 is 36.0. The van der Waals surface area contributed by atoms with E-state index < -0.39 is 199 Å². The molecule has 0 aliphatic carbocycles. The lowest BCUT2D eigenvalue weighted by atomic mass is 9.84. The molecule has 102 heavy (non-hydrogen) atoms.